The number of hydrogen-bond acceptors (Lipinski definition) is 3. The predicted molar refractivity (Wildman–Crippen MR) is 56.0 cm³/mol. The maximum Gasteiger partial charge on any atom is 0.0547 e. The summed E-state index contributed by atoms with van der Waals surface area (Å²) in [6, 6.07) is 0. The Morgan fingerprint density at radius 2 is 2.29 bits per heavy atom. The smallest absolute Gasteiger partial charge is 0.0547 e. The van der Waals surface area contributed by atoms with E-state index in [0.717, 1.165) is 25.9 Å². The summed E-state index contributed by atoms with van der Waals surface area (Å²) in [5.74, 6) is 0. The Labute approximate surface area is 84.9 Å². The van der Waals surface area contributed by atoms with E-state index in [2.05, 4.69) is 17.3 Å². The highest BCUT2D eigenvalue weighted by molar-refractivity contribution is 5.14. The first-order valence-electron chi connectivity index (χ1n) is 5.04. The van der Waals surface area contributed by atoms with Crippen molar-refractivity contribution in [2.75, 3.05) is 13.2 Å². The van der Waals surface area contributed by atoms with Crippen LogP contribution in [0.2, 0.25) is 0 Å². The monoisotopic (exact) mass is 197 g/mol. The van der Waals surface area contributed by atoms with E-state index in [1.54, 1.807) is 0 Å². The minimum absolute atomic E-state index is 0.284. The van der Waals surface area contributed by atoms with E-state index in [1.165, 1.54) is 11.3 Å². The molecule has 0 amide bonds. The van der Waals surface area contributed by atoms with E-state index in [0.29, 0.717) is 0 Å². The molecule has 1 heterocycles. The maximum absolute atomic E-state index is 8.60. The fourth-order valence-corrected chi connectivity index (χ4v) is 1.40. The molecule has 2 N–H and O–H groups in total. The molecular weight excluding hydrogens is 178 g/mol. The number of rotatable bonds is 6. The van der Waals surface area contributed by atoms with Gasteiger partial charge in [-0.05, 0) is 31.9 Å². The second-order valence-corrected chi connectivity index (χ2v) is 3.51. The number of nitrogens with zero attached hydrogens (tertiary/aromatic N) is 2. The van der Waals surface area contributed by atoms with Gasteiger partial charge in [-0.3, -0.25) is 4.68 Å². The van der Waals surface area contributed by atoms with Crippen LogP contribution >= 0.6 is 0 Å². The second-order valence-electron chi connectivity index (χ2n) is 3.51. The van der Waals surface area contributed by atoms with Crippen molar-refractivity contribution in [1.29, 1.82) is 0 Å². The third-order valence-electron chi connectivity index (χ3n) is 2.32. The highest BCUT2D eigenvalue weighted by Crippen LogP contribution is 2.04. The lowest BCUT2D eigenvalue weighted by Crippen LogP contribution is -2.17. The number of aromatic nitrogens is 2. The molecule has 0 spiro atoms. The van der Waals surface area contributed by atoms with Crippen LogP contribution in [-0.2, 0) is 13.6 Å². The molecule has 4 heteroatoms. The zero-order valence-corrected chi connectivity index (χ0v) is 8.95. The Kier molecular flexibility index (Phi) is 4.62. The largest absolute Gasteiger partial charge is 0.396 e. The molecule has 0 saturated carbocycles. The molecule has 0 atom stereocenters. The summed E-state index contributed by atoms with van der Waals surface area (Å²) < 4.78 is 1.90. The molecule has 0 aliphatic rings. The Morgan fingerprint density at radius 3 is 2.86 bits per heavy atom. The second kappa shape index (κ2) is 5.78. The van der Waals surface area contributed by atoms with Gasteiger partial charge in [0.25, 0.3) is 0 Å². The van der Waals surface area contributed by atoms with Crippen LogP contribution in [0.3, 0.4) is 0 Å². The van der Waals surface area contributed by atoms with Crippen LogP contribution in [0.4, 0.5) is 0 Å². The van der Waals surface area contributed by atoms with Crippen LogP contribution in [0.5, 0.6) is 0 Å². The molecule has 0 unspecified atom stereocenters. The summed E-state index contributed by atoms with van der Waals surface area (Å²) in [7, 11) is 1.96. The van der Waals surface area contributed by atoms with Crippen LogP contribution in [-0.4, -0.2) is 28.0 Å². The molecule has 0 fully saturated rings. The highest BCUT2D eigenvalue weighted by atomic mass is 16.2. The normalized spacial score (nSPS) is 10.8. The number of hydrogen-bond donors (Lipinski definition) is 2. The van der Waals surface area contributed by atoms with E-state index in [1.807, 2.05) is 17.9 Å². The molecule has 0 bridgehead atoms. The summed E-state index contributed by atoms with van der Waals surface area (Å²) in [5.41, 5.74) is 2.45. The van der Waals surface area contributed by atoms with E-state index in [-0.39, 0.29) is 6.61 Å². The third-order valence-corrected chi connectivity index (χ3v) is 2.32. The fraction of sp³-hybridized carbons (Fsp3) is 0.700. The van der Waals surface area contributed by atoms with Crippen molar-refractivity contribution < 1.29 is 5.11 Å². The number of aryl methyl sites for hydroxylation is 2. The fourth-order valence-electron chi connectivity index (χ4n) is 1.40. The van der Waals surface area contributed by atoms with Gasteiger partial charge in [0.15, 0.2) is 0 Å². The molecule has 0 aliphatic carbocycles. The van der Waals surface area contributed by atoms with Crippen molar-refractivity contribution in [3.8, 4) is 0 Å². The van der Waals surface area contributed by atoms with Gasteiger partial charge < -0.3 is 10.4 Å². The average molecular weight is 197 g/mol. The van der Waals surface area contributed by atoms with Gasteiger partial charge in [-0.15, -0.1) is 0 Å². The molecule has 0 aliphatic heterocycles. The van der Waals surface area contributed by atoms with Crippen molar-refractivity contribution in [2.24, 2.45) is 7.05 Å². The standard InChI is InChI=1S/C10H19N3O/c1-9-7-12-13(2)10(9)8-11-5-3-4-6-14/h7,11,14H,3-6,8H2,1-2H3. The number of aliphatic hydroxyl groups excluding tert-OH is 1. The van der Waals surface area contributed by atoms with Crippen molar-refractivity contribution in [2.45, 2.75) is 26.3 Å². The van der Waals surface area contributed by atoms with Gasteiger partial charge in [0.2, 0.25) is 0 Å². The van der Waals surface area contributed by atoms with Gasteiger partial charge in [0.05, 0.1) is 11.9 Å². The van der Waals surface area contributed by atoms with Gasteiger partial charge in [-0.1, -0.05) is 0 Å². The summed E-state index contributed by atoms with van der Waals surface area (Å²) >= 11 is 0. The van der Waals surface area contributed by atoms with Gasteiger partial charge in [0.1, 0.15) is 0 Å². The quantitative estimate of drug-likeness (QED) is 0.656. The molecule has 0 saturated heterocycles. The number of unbranched alkanes of at least 4 members (excludes halogenated alkanes) is 1. The van der Waals surface area contributed by atoms with Gasteiger partial charge in [-0.25, -0.2) is 0 Å². The highest BCUT2D eigenvalue weighted by Gasteiger charge is 2.02. The van der Waals surface area contributed by atoms with Crippen LogP contribution in [0.25, 0.3) is 0 Å². The summed E-state index contributed by atoms with van der Waals surface area (Å²) in [6.07, 6.45) is 3.77. The zero-order chi connectivity index (χ0) is 10.4. The Morgan fingerprint density at radius 1 is 1.50 bits per heavy atom. The molecule has 80 valence electrons. The SMILES string of the molecule is Cc1cnn(C)c1CNCCCCO. The lowest BCUT2D eigenvalue weighted by molar-refractivity contribution is 0.283. The summed E-state index contributed by atoms with van der Waals surface area (Å²) in [4.78, 5) is 0. The Hall–Kier alpha value is -0.870. The molecule has 1 rings (SSSR count). The van der Waals surface area contributed by atoms with Crippen molar-refractivity contribution in [3.05, 3.63) is 17.5 Å². The van der Waals surface area contributed by atoms with Crippen LogP contribution in [0.1, 0.15) is 24.1 Å². The lowest BCUT2D eigenvalue weighted by atomic mass is 10.2. The lowest BCUT2D eigenvalue weighted by Gasteiger charge is -2.05. The topological polar surface area (TPSA) is 50.1 Å². The molecule has 1 aromatic heterocycles. The van der Waals surface area contributed by atoms with Crippen LogP contribution in [0.15, 0.2) is 6.20 Å². The van der Waals surface area contributed by atoms with Crippen LogP contribution < -0.4 is 5.32 Å². The van der Waals surface area contributed by atoms with E-state index in [9.17, 15) is 0 Å². The Bertz CT molecular complexity index is 251. The van der Waals surface area contributed by atoms with Crippen molar-refractivity contribution >= 4 is 0 Å². The maximum atomic E-state index is 8.60. The summed E-state index contributed by atoms with van der Waals surface area (Å²) in [6.45, 7) is 4.16. The Balaban J connectivity index is 2.24. The molecule has 0 radical (unpaired) electrons. The molecule has 0 aromatic carbocycles. The minimum atomic E-state index is 0.284. The van der Waals surface area contributed by atoms with E-state index < -0.39 is 0 Å². The van der Waals surface area contributed by atoms with Crippen molar-refractivity contribution in [3.63, 3.8) is 0 Å². The first-order chi connectivity index (χ1) is 6.75. The third kappa shape index (κ3) is 3.12. The zero-order valence-electron chi connectivity index (χ0n) is 8.95. The first-order valence-corrected chi connectivity index (χ1v) is 5.04. The van der Waals surface area contributed by atoms with Gasteiger partial charge in [0, 0.05) is 20.2 Å². The molecule has 4 nitrogen and oxygen atoms in total. The van der Waals surface area contributed by atoms with E-state index in [4.69, 9.17) is 5.11 Å². The molecule has 14 heavy (non-hydrogen) atoms. The van der Waals surface area contributed by atoms with Gasteiger partial charge >= 0.3 is 0 Å². The number of nitrogens with one attached hydrogen (secondary N) is 1. The summed E-state index contributed by atoms with van der Waals surface area (Å²) in [5, 5.41) is 16.1. The van der Waals surface area contributed by atoms with Crippen molar-refractivity contribution in [1.82, 2.24) is 15.1 Å². The van der Waals surface area contributed by atoms with Gasteiger partial charge in [-0.2, -0.15) is 5.10 Å². The first kappa shape index (κ1) is 11.2. The number of aliphatic hydroxyl groups is 1. The predicted octanol–water partition coefficient (Wildman–Crippen LogP) is 0.591. The molecule has 1 aromatic rings. The van der Waals surface area contributed by atoms with E-state index >= 15 is 0 Å². The minimum Gasteiger partial charge on any atom is -0.396 e. The van der Waals surface area contributed by atoms with Crippen LogP contribution in [0, 0.1) is 6.92 Å². The average Bonchev–Trinajstić information content (AvgIpc) is 2.48. The molecular formula is C10H19N3O.